The normalized spacial score (nSPS) is 23.0. The Morgan fingerprint density at radius 3 is 2.60 bits per heavy atom. The molecule has 0 saturated carbocycles. The van der Waals surface area contributed by atoms with Gasteiger partial charge in [-0.15, -0.1) is 0 Å². The van der Waals surface area contributed by atoms with Crippen LogP contribution < -0.4 is 10.1 Å². The highest BCUT2D eigenvalue weighted by Gasteiger charge is 2.31. The minimum Gasteiger partial charge on any atom is -0.483 e. The number of nitriles is 1. The second kappa shape index (κ2) is 7.88. The van der Waals surface area contributed by atoms with Gasteiger partial charge in [0.15, 0.2) is 6.61 Å². The monoisotopic (exact) mass is 341 g/mol. The van der Waals surface area contributed by atoms with Crippen LogP contribution in [0.25, 0.3) is 0 Å². The molecule has 1 aromatic rings. The van der Waals surface area contributed by atoms with Crippen LogP contribution in [0.2, 0.25) is 0 Å². The van der Waals surface area contributed by atoms with Crippen LogP contribution in [0.15, 0.2) is 18.2 Å². The molecule has 0 unspecified atom stereocenters. The van der Waals surface area contributed by atoms with E-state index in [0.717, 1.165) is 44.6 Å². The topological polar surface area (TPSA) is 65.4 Å². The van der Waals surface area contributed by atoms with Crippen molar-refractivity contribution in [1.82, 2.24) is 10.2 Å². The van der Waals surface area contributed by atoms with Crippen molar-refractivity contribution in [2.75, 3.05) is 32.8 Å². The number of likely N-dealkylation sites (tertiary alicyclic amines) is 1. The van der Waals surface area contributed by atoms with Gasteiger partial charge in [-0.25, -0.2) is 0 Å². The standard InChI is InChI=1S/C20H27N3O2/c1-14(2)18-9-15(10-21)3-4-19(18)25-13-20(24)23-7-5-16-11-22-12-17(16)6-8-23/h3-4,9,14,16-17,22H,5-8,11-13H2,1-2H3/t16-,17+. The highest BCUT2D eigenvalue weighted by atomic mass is 16.5. The van der Waals surface area contributed by atoms with Gasteiger partial charge in [-0.05, 0) is 67.4 Å². The fraction of sp³-hybridized carbons (Fsp3) is 0.600. The van der Waals surface area contributed by atoms with E-state index in [1.807, 2.05) is 11.0 Å². The molecule has 0 radical (unpaired) electrons. The van der Waals surface area contributed by atoms with Crippen molar-refractivity contribution in [3.8, 4) is 11.8 Å². The number of nitrogens with one attached hydrogen (secondary N) is 1. The van der Waals surface area contributed by atoms with Crippen LogP contribution in [0.1, 0.15) is 43.7 Å². The lowest BCUT2D eigenvalue weighted by atomic mass is 9.92. The largest absolute Gasteiger partial charge is 0.483 e. The third-order valence-corrected chi connectivity index (χ3v) is 5.48. The van der Waals surface area contributed by atoms with E-state index in [1.165, 1.54) is 0 Å². The van der Waals surface area contributed by atoms with Crippen LogP contribution in [0.4, 0.5) is 0 Å². The Kier molecular flexibility index (Phi) is 5.60. The smallest absolute Gasteiger partial charge is 0.260 e. The van der Waals surface area contributed by atoms with Gasteiger partial charge < -0.3 is 15.0 Å². The number of carbonyl (C=O) groups is 1. The van der Waals surface area contributed by atoms with Crippen LogP contribution in [-0.4, -0.2) is 43.6 Å². The molecule has 25 heavy (non-hydrogen) atoms. The fourth-order valence-electron chi connectivity index (χ4n) is 3.90. The summed E-state index contributed by atoms with van der Waals surface area (Å²) in [6.45, 7) is 8.03. The summed E-state index contributed by atoms with van der Waals surface area (Å²) in [5.74, 6) is 2.43. The summed E-state index contributed by atoms with van der Waals surface area (Å²) < 4.78 is 5.83. The molecular weight excluding hydrogens is 314 g/mol. The summed E-state index contributed by atoms with van der Waals surface area (Å²) in [4.78, 5) is 14.5. The predicted octanol–water partition coefficient (Wildman–Crippen LogP) is 2.52. The summed E-state index contributed by atoms with van der Waals surface area (Å²) >= 11 is 0. The molecule has 2 fully saturated rings. The maximum atomic E-state index is 12.6. The summed E-state index contributed by atoms with van der Waals surface area (Å²) in [6, 6.07) is 7.56. The van der Waals surface area contributed by atoms with Crippen molar-refractivity contribution in [2.45, 2.75) is 32.6 Å². The molecule has 2 heterocycles. The molecule has 1 N–H and O–H groups in total. The third kappa shape index (κ3) is 4.13. The Morgan fingerprint density at radius 1 is 1.32 bits per heavy atom. The van der Waals surface area contributed by atoms with Gasteiger partial charge in [-0.3, -0.25) is 4.79 Å². The highest BCUT2D eigenvalue weighted by molar-refractivity contribution is 5.77. The maximum Gasteiger partial charge on any atom is 0.260 e. The zero-order chi connectivity index (χ0) is 17.8. The number of ether oxygens (including phenoxy) is 1. The Balaban J connectivity index is 1.60. The molecule has 0 aromatic heterocycles. The van der Waals surface area contributed by atoms with Crippen molar-refractivity contribution in [2.24, 2.45) is 11.8 Å². The summed E-state index contributed by atoms with van der Waals surface area (Å²) in [7, 11) is 0. The molecular formula is C20H27N3O2. The number of carbonyl (C=O) groups excluding carboxylic acids is 1. The summed E-state index contributed by atoms with van der Waals surface area (Å²) in [6.07, 6.45) is 2.16. The van der Waals surface area contributed by atoms with Crippen LogP contribution in [0, 0.1) is 23.2 Å². The molecule has 1 aromatic carbocycles. The Labute approximate surface area is 150 Å². The Bertz CT molecular complexity index is 651. The molecule has 3 rings (SSSR count). The molecule has 1 amide bonds. The lowest BCUT2D eigenvalue weighted by Crippen LogP contribution is -2.36. The molecule has 2 aliphatic rings. The van der Waals surface area contributed by atoms with E-state index in [9.17, 15) is 4.79 Å². The van der Waals surface area contributed by atoms with Gasteiger partial charge in [0.1, 0.15) is 5.75 Å². The number of nitrogens with zero attached hydrogens (tertiary/aromatic N) is 2. The van der Waals surface area contributed by atoms with Gasteiger partial charge in [0.2, 0.25) is 0 Å². The number of amides is 1. The second-order valence-electron chi connectivity index (χ2n) is 7.44. The molecule has 5 nitrogen and oxygen atoms in total. The minimum absolute atomic E-state index is 0.0620. The minimum atomic E-state index is 0.0620. The van der Waals surface area contributed by atoms with E-state index in [1.54, 1.807) is 12.1 Å². The third-order valence-electron chi connectivity index (χ3n) is 5.48. The predicted molar refractivity (Wildman–Crippen MR) is 96.4 cm³/mol. The summed E-state index contributed by atoms with van der Waals surface area (Å²) in [5, 5.41) is 12.5. The number of rotatable bonds is 4. The molecule has 134 valence electrons. The van der Waals surface area contributed by atoms with Crippen molar-refractivity contribution in [1.29, 1.82) is 5.26 Å². The average Bonchev–Trinajstić information content (AvgIpc) is 2.97. The van der Waals surface area contributed by atoms with Gasteiger partial charge in [-0.1, -0.05) is 13.8 Å². The Hall–Kier alpha value is -2.06. The zero-order valence-electron chi connectivity index (χ0n) is 15.1. The molecule has 2 saturated heterocycles. The van der Waals surface area contributed by atoms with E-state index < -0.39 is 0 Å². The fourth-order valence-corrected chi connectivity index (χ4v) is 3.90. The van der Waals surface area contributed by atoms with E-state index >= 15 is 0 Å². The molecule has 0 aliphatic carbocycles. The van der Waals surface area contributed by atoms with Crippen LogP contribution in [0.5, 0.6) is 5.75 Å². The first-order chi connectivity index (χ1) is 12.1. The number of hydrogen-bond donors (Lipinski definition) is 1. The SMILES string of the molecule is CC(C)c1cc(C#N)ccc1OCC(=O)N1CC[C@@H]2CNC[C@@H]2CC1. The van der Waals surface area contributed by atoms with Crippen molar-refractivity contribution in [3.63, 3.8) is 0 Å². The van der Waals surface area contributed by atoms with Gasteiger partial charge in [0.25, 0.3) is 5.91 Å². The molecule has 2 aliphatic heterocycles. The number of fused-ring (bicyclic) bond motifs is 1. The second-order valence-corrected chi connectivity index (χ2v) is 7.44. The van der Waals surface area contributed by atoms with Gasteiger partial charge in [0, 0.05) is 13.1 Å². The molecule has 0 spiro atoms. The Morgan fingerprint density at radius 2 is 2.00 bits per heavy atom. The van der Waals surface area contributed by atoms with Gasteiger partial charge >= 0.3 is 0 Å². The highest BCUT2D eigenvalue weighted by Crippen LogP contribution is 2.29. The quantitative estimate of drug-likeness (QED) is 0.914. The van der Waals surface area contributed by atoms with Gasteiger partial charge in [-0.2, -0.15) is 5.26 Å². The van der Waals surface area contributed by atoms with Crippen molar-refractivity contribution >= 4 is 5.91 Å². The molecule has 2 atom stereocenters. The van der Waals surface area contributed by atoms with Gasteiger partial charge in [0.05, 0.1) is 11.6 Å². The van der Waals surface area contributed by atoms with Crippen LogP contribution in [0.3, 0.4) is 0 Å². The number of hydrogen-bond acceptors (Lipinski definition) is 4. The van der Waals surface area contributed by atoms with E-state index in [0.29, 0.717) is 23.1 Å². The van der Waals surface area contributed by atoms with Crippen LogP contribution in [-0.2, 0) is 4.79 Å². The first-order valence-corrected chi connectivity index (χ1v) is 9.23. The van der Waals surface area contributed by atoms with E-state index in [4.69, 9.17) is 10.00 Å². The lowest BCUT2D eigenvalue weighted by molar-refractivity contribution is -0.133. The number of benzene rings is 1. The summed E-state index contributed by atoms with van der Waals surface area (Å²) in [5.41, 5.74) is 1.60. The average molecular weight is 341 g/mol. The van der Waals surface area contributed by atoms with Crippen molar-refractivity contribution in [3.05, 3.63) is 29.3 Å². The first kappa shape index (κ1) is 17.8. The van der Waals surface area contributed by atoms with E-state index in [2.05, 4.69) is 25.2 Å². The maximum absolute atomic E-state index is 12.6. The van der Waals surface area contributed by atoms with Crippen LogP contribution >= 0.6 is 0 Å². The zero-order valence-corrected chi connectivity index (χ0v) is 15.1. The first-order valence-electron chi connectivity index (χ1n) is 9.23. The lowest BCUT2D eigenvalue weighted by Gasteiger charge is -2.22. The molecule has 0 bridgehead atoms. The van der Waals surface area contributed by atoms with E-state index in [-0.39, 0.29) is 18.4 Å². The molecule has 5 heteroatoms. The van der Waals surface area contributed by atoms with Crippen molar-refractivity contribution < 1.29 is 9.53 Å².